The van der Waals surface area contributed by atoms with Crippen molar-refractivity contribution in [2.75, 3.05) is 6.26 Å². The zero-order valence-corrected chi connectivity index (χ0v) is 20.4. The van der Waals surface area contributed by atoms with Crippen molar-refractivity contribution in [2.24, 2.45) is 5.92 Å². The van der Waals surface area contributed by atoms with Gasteiger partial charge in [-0.2, -0.15) is 0 Å². The van der Waals surface area contributed by atoms with E-state index in [9.17, 15) is 14.7 Å². The van der Waals surface area contributed by atoms with E-state index in [0.717, 1.165) is 40.0 Å². The topological polar surface area (TPSA) is 63.6 Å². The quantitative estimate of drug-likeness (QED) is 0.329. The minimum absolute atomic E-state index is 0.0802. The number of carbonyl (C=O) groups is 2. The SMILES string of the molecule is CC[C@H](C(=O)c1ccc(SC)cc1)[C@H](CC)c1cc(C)c(OC(C)(C)C(=O)O)c(C)c1. The Balaban J connectivity index is 2.39. The molecule has 168 valence electrons. The Labute approximate surface area is 190 Å². The average Bonchev–Trinajstić information content (AvgIpc) is 2.73. The first kappa shape index (κ1) is 25.0. The number of carbonyl (C=O) groups excluding carboxylic acids is 1. The van der Waals surface area contributed by atoms with Gasteiger partial charge >= 0.3 is 5.97 Å². The molecule has 0 aromatic heterocycles. The van der Waals surface area contributed by atoms with Crippen molar-refractivity contribution < 1.29 is 19.4 Å². The van der Waals surface area contributed by atoms with Crippen LogP contribution in [0.25, 0.3) is 0 Å². The number of ether oxygens (including phenoxy) is 1. The number of rotatable bonds is 10. The molecule has 0 saturated carbocycles. The number of Topliss-reactive ketones (excluding diaryl/α,β-unsaturated/α-hetero) is 1. The van der Waals surface area contributed by atoms with Gasteiger partial charge in [0.2, 0.25) is 0 Å². The highest BCUT2D eigenvalue weighted by Crippen LogP contribution is 2.37. The predicted molar refractivity (Wildman–Crippen MR) is 128 cm³/mol. The van der Waals surface area contributed by atoms with Crippen LogP contribution in [-0.4, -0.2) is 28.7 Å². The van der Waals surface area contributed by atoms with Crippen LogP contribution >= 0.6 is 11.8 Å². The van der Waals surface area contributed by atoms with Crippen molar-refractivity contribution in [3.8, 4) is 5.75 Å². The van der Waals surface area contributed by atoms with Crippen LogP contribution in [0.1, 0.15) is 73.5 Å². The molecule has 0 spiro atoms. The highest BCUT2D eigenvalue weighted by atomic mass is 32.2. The first-order valence-electron chi connectivity index (χ1n) is 10.8. The van der Waals surface area contributed by atoms with Crippen molar-refractivity contribution >= 4 is 23.5 Å². The molecule has 0 unspecified atom stereocenters. The van der Waals surface area contributed by atoms with Crippen LogP contribution in [0.3, 0.4) is 0 Å². The van der Waals surface area contributed by atoms with Crippen molar-refractivity contribution in [2.45, 2.75) is 70.8 Å². The second kappa shape index (κ2) is 10.4. The van der Waals surface area contributed by atoms with Gasteiger partial charge in [-0.25, -0.2) is 4.79 Å². The van der Waals surface area contributed by atoms with Crippen molar-refractivity contribution in [1.29, 1.82) is 0 Å². The first-order chi connectivity index (χ1) is 14.5. The van der Waals surface area contributed by atoms with Crippen LogP contribution in [0, 0.1) is 19.8 Å². The minimum atomic E-state index is -1.31. The third-order valence-electron chi connectivity index (χ3n) is 5.86. The van der Waals surface area contributed by atoms with E-state index in [2.05, 4.69) is 13.8 Å². The molecule has 0 amide bonds. The maximum atomic E-state index is 13.4. The lowest BCUT2D eigenvalue weighted by atomic mass is 9.77. The van der Waals surface area contributed by atoms with Crippen LogP contribution in [0.5, 0.6) is 5.75 Å². The van der Waals surface area contributed by atoms with E-state index in [1.165, 1.54) is 0 Å². The van der Waals surface area contributed by atoms with Crippen LogP contribution < -0.4 is 4.74 Å². The number of carboxylic acid groups (broad SMARTS) is 1. The zero-order chi connectivity index (χ0) is 23.3. The molecule has 2 rings (SSSR count). The fraction of sp³-hybridized carbons (Fsp3) is 0.462. The summed E-state index contributed by atoms with van der Waals surface area (Å²) in [6, 6.07) is 11.9. The van der Waals surface area contributed by atoms with Gasteiger partial charge in [0.05, 0.1) is 0 Å². The molecule has 31 heavy (non-hydrogen) atoms. The molecule has 2 aromatic carbocycles. The van der Waals surface area contributed by atoms with Crippen molar-refractivity contribution in [3.63, 3.8) is 0 Å². The summed E-state index contributed by atoms with van der Waals surface area (Å²) >= 11 is 1.66. The third-order valence-corrected chi connectivity index (χ3v) is 6.60. The highest BCUT2D eigenvalue weighted by Gasteiger charge is 2.32. The lowest BCUT2D eigenvalue weighted by Crippen LogP contribution is -2.38. The van der Waals surface area contributed by atoms with Gasteiger partial charge < -0.3 is 9.84 Å². The van der Waals surface area contributed by atoms with Gasteiger partial charge in [0.25, 0.3) is 0 Å². The fourth-order valence-corrected chi connectivity index (χ4v) is 4.44. The molecule has 0 fully saturated rings. The summed E-state index contributed by atoms with van der Waals surface area (Å²) in [6.07, 6.45) is 3.62. The maximum Gasteiger partial charge on any atom is 0.347 e. The number of carboxylic acids is 1. The van der Waals surface area contributed by atoms with Gasteiger partial charge in [-0.1, -0.05) is 38.1 Å². The van der Waals surface area contributed by atoms with E-state index in [1.54, 1.807) is 25.6 Å². The van der Waals surface area contributed by atoms with Gasteiger partial charge in [-0.05, 0) is 81.5 Å². The Bertz CT molecular complexity index is 908. The first-order valence-corrected chi connectivity index (χ1v) is 12.0. The van der Waals surface area contributed by atoms with Crippen LogP contribution in [-0.2, 0) is 4.79 Å². The smallest absolute Gasteiger partial charge is 0.347 e. The molecule has 5 heteroatoms. The lowest BCUT2D eigenvalue weighted by molar-refractivity contribution is -0.152. The standard InChI is InChI=1S/C26H34O4S/c1-8-21(22(9-2)23(27)18-10-12-20(31-7)13-11-18)19-14-16(3)24(17(4)15-19)30-26(5,6)25(28)29/h10-15,21-22H,8-9H2,1-7H3,(H,28,29)/t21-,22+/m1/s1. The van der Waals surface area contributed by atoms with E-state index in [4.69, 9.17) is 4.74 Å². The molecule has 0 bridgehead atoms. The molecular weight excluding hydrogens is 408 g/mol. The number of hydrogen-bond acceptors (Lipinski definition) is 4. The zero-order valence-electron chi connectivity index (χ0n) is 19.6. The lowest BCUT2D eigenvalue weighted by Gasteiger charge is -2.28. The van der Waals surface area contributed by atoms with Crippen LogP contribution in [0.2, 0.25) is 0 Å². The summed E-state index contributed by atoms with van der Waals surface area (Å²) in [6.45, 7) is 11.1. The number of ketones is 1. The fourth-order valence-electron chi connectivity index (χ4n) is 4.03. The van der Waals surface area contributed by atoms with E-state index in [-0.39, 0.29) is 17.6 Å². The van der Waals surface area contributed by atoms with Gasteiger partial charge in [0, 0.05) is 16.4 Å². The van der Waals surface area contributed by atoms with E-state index < -0.39 is 11.6 Å². The molecule has 2 atom stereocenters. The molecule has 0 aliphatic rings. The molecule has 0 saturated heterocycles. The minimum Gasteiger partial charge on any atom is -0.478 e. The molecule has 0 radical (unpaired) electrons. The van der Waals surface area contributed by atoms with Crippen LogP contribution in [0.15, 0.2) is 41.3 Å². The van der Waals surface area contributed by atoms with E-state index >= 15 is 0 Å². The number of thioether (sulfide) groups is 1. The normalized spacial score (nSPS) is 13.5. The molecule has 4 nitrogen and oxygen atoms in total. The Morgan fingerprint density at radius 1 is 1.03 bits per heavy atom. The number of hydrogen-bond donors (Lipinski definition) is 1. The molecule has 0 heterocycles. The Morgan fingerprint density at radius 2 is 1.58 bits per heavy atom. The average molecular weight is 443 g/mol. The summed E-state index contributed by atoms with van der Waals surface area (Å²) < 4.78 is 5.85. The third kappa shape index (κ3) is 5.70. The summed E-state index contributed by atoms with van der Waals surface area (Å²) in [5.74, 6) is -0.281. The van der Waals surface area contributed by atoms with Gasteiger partial charge in [-0.3, -0.25) is 4.79 Å². The number of aryl methyl sites for hydroxylation is 2. The summed E-state index contributed by atoms with van der Waals surface area (Å²) in [4.78, 5) is 26.0. The maximum absolute atomic E-state index is 13.4. The van der Waals surface area contributed by atoms with Gasteiger partial charge in [0.15, 0.2) is 11.4 Å². The van der Waals surface area contributed by atoms with Gasteiger partial charge in [0.1, 0.15) is 5.75 Å². The van der Waals surface area contributed by atoms with Crippen molar-refractivity contribution in [1.82, 2.24) is 0 Å². The molecule has 1 N–H and O–H groups in total. The summed E-state index contributed by atoms with van der Waals surface area (Å²) in [5.41, 5.74) is 2.30. The number of aliphatic carboxylic acids is 1. The van der Waals surface area contributed by atoms with Crippen LogP contribution in [0.4, 0.5) is 0 Å². The predicted octanol–water partition coefficient (Wildman–Crippen LogP) is 6.67. The van der Waals surface area contributed by atoms with E-state index in [1.807, 2.05) is 56.5 Å². The Hall–Kier alpha value is -2.27. The Morgan fingerprint density at radius 3 is 2.00 bits per heavy atom. The monoisotopic (exact) mass is 442 g/mol. The molecule has 2 aromatic rings. The molecule has 0 aliphatic heterocycles. The van der Waals surface area contributed by atoms with E-state index in [0.29, 0.717) is 5.75 Å². The summed E-state index contributed by atoms with van der Waals surface area (Å²) in [5, 5.41) is 9.41. The molecule has 0 aliphatic carbocycles. The number of benzene rings is 2. The van der Waals surface area contributed by atoms with Crippen molar-refractivity contribution in [3.05, 3.63) is 58.7 Å². The van der Waals surface area contributed by atoms with Gasteiger partial charge in [-0.15, -0.1) is 11.8 Å². The molecular formula is C26H34O4S. The second-order valence-corrected chi connectivity index (χ2v) is 9.40. The Kier molecular flexibility index (Phi) is 8.35. The largest absolute Gasteiger partial charge is 0.478 e. The second-order valence-electron chi connectivity index (χ2n) is 8.52. The summed E-state index contributed by atoms with van der Waals surface area (Å²) in [7, 11) is 0. The highest BCUT2D eigenvalue weighted by molar-refractivity contribution is 7.98.